The number of ether oxygens (including phenoxy) is 1. The second kappa shape index (κ2) is 6.98. The van der Waals surface area contributed by atoms with Crippen molar-refractivity contribution in [3.8, 4) is 0 Å². The molecule has 1 aromatic heterocycles. The van der Waals surface area contributed by atoms with Crippen molar-refractivity contribution in [1.82, 2.24) is 4.90 Å². The molecule has 0 aliphatic carbocycles. The van der Waals surface area contributed by atoms with Crippen LogP contribution in [-0.4, -0.2) is 41.1 Å². The van der Waals surface area contributed by atoms with Gasteiger partial charge in [0.1, 0.15) is 11.0 Å². The molecule has 2 aromatic rings. The molecule has 0 radical (unpaired) electrons. The van der Waals surface area contributed by atoms with E-state index in [0.717, 1.165) is 28.0 Å². The van der Waals surface area contributed by atoms with Gasteiger partial charge in [0.15, 0.2) is 0 Å². The Morgan fingerprint density at radius 1 is 1.20 bits per heavy atom. The SMILES string of the molecule is Cc1ccc(C)c(C2CN(C(=O)c3ccc(C(=O)O)s3)C(C)CO2)c1. The van der Waals surface area contributed by atoms with Gasteiger partial charge < -0.3 is 14.7 Å². The lowest BCUT2D eigenvalue weighted by atomic mass is 9.98. The maximum atomic E-state index is 12.9. The summed E-state index contributed by atoms with van der Waals surface area (Å²) in [5, 5.41) is 9.06. The molecule has 6 heteroatoms. The summed E-state index contributed by atoms with van der Waals surface area (Å²) in [5.74, 6) is -1.14. The largest absolute Gasteiger partial charge is 0.477 e. The van der Waals surface area contributed by atoms with Crippen LogP contribution in [0.3, 0.4) is 0 Å². The fourth-order valence-corrected chi connectivity index (χ4v) is 3.84. The standard InChI is InChI=1S/C19H21NO4S/c1-11-4-5-12(2)14(8-11)15-9-20(13(3)10-24-15)18(21)16-6-7-17(25-16)19(22)23/h4-8,13,15H,9-10H2,1-3H3,(H,22,23). The topological polar surface area (TPSA) is 66.8 Å². The van der Waals surface area contributed by atoms with E-state index in [1.54, 1.807) is 11.0 Å². The number of amides is 1. The highest BCUT2D eigenvalue weighted by atomic mass is 32.1. The van der Waals surface area contributed by atoms with Gasteiger partial charge in [0.25, 0.3) is 5.91 Å². The van der Waals surface area contributed by atoms with Gasteiger partial charge in [0.05, 0.1) is 24.1 Å². The number of nitrogens with zero attached hydrogens (tertiary/aromatic N) is 1. The minimum atomic E-state index is -1.01. The summed E-state index contributed by atoms with van der Waals surface area (Å²) in [7, 11) is 0. The molecule has 5 nitrogen and oxygen atoms in total. The average molecular weight is 359 g/mol. The number of aromatic carboxylic acids is 1. The fraction of sp³-hybridized carbons (Fsp3) is 0.368. The molecule has 1 N–H and O–H groups in total. The van der Waals surface area contributed by atoms with E-state index in [4.69, 9.17) is 9.84 Å². The number of aryl methyl sites for hydroxylation is 2. The molecule has 2 unspecified atom stereocenters. The van der Waals surface area contributed by atoms with E-state index < -0.39 is 5.97 Å². The number of carboxylic acid groups (broad SMARTS) is 1. The van der Waals surface area contributed by atoms with Crippen molar-refractivity contribution in [3.63, 3.8) is 0 Å². The Balaban J connectivity index is 1.83. The van der Waals surface area contributed by atoms with E-state index >= 15 is 0 Å². The summed E-state index contributed by atoms with van der Waals surface area (Å²) >= 11 is 1.02. The van der Waals surface area contributed by atoms with Gasteiger partial charge in [-0.25, -0.2) is 4.79 Å². The van der Waals surface area contributed by atoms with Crippen LogP contribution in [0.5, 0.6) is 0 Å². The number of benzene rings is 1. The zero-order chi connectivity index (χ0) is 18.1. The average Bonchev–Trinajstić information content (AvgIpc) is 3.07. The van der Waals surface area contributed by atoms with Crippen LogP contribution in [0, 0.1) is 13.8 Å². The number of carboxylic acids is 1. The first-order chi connectivity index (χ1) is 11.9. The molecule has 1 saturated heterocycles. The van der Waals surface area contributed by atoms with Crippen molar-refractivity contribution in [2.45, 2.75) is 32.9 Å². The van der Waals surface area contributed by atoms with Gasteiger partial charge in [-0.2, -0.15) is 0 Å². The molecule has 1 fully saturated rings. The molecule has 132 valence electrons. The monoisotopic (exact) mass is 359 g/mol. The first kappa shape index (κ1) is 17.6. The summed E-state index contributed by atoms with van der Waals surface area (Å²) < 4.78 is 5.99. The van der Waals surface area contributed by atoms with Gasteiger partial charge in [-0.1, -0.05) is 23.8 Å². The van der Waals surface area contributed by atoms with Crippen LogP contribution in [0.1, 0.15) is 49.1 Å². The van der Waals surface area contributed by atoms with E-state index in [1.807, 2.05) is 20.8 Å². The number of rotatable bonds is 3. The van der Waals surface area contributed by atoms with Gasteiger partial charge in [-0.3, -0.25) is 4.79 Å². The normalized spacial score (nSPS) is 20.5. The van der Waals surface area contributed by atoms with E-state index in [0.29, 0.717) is 18.0 Å². The first-order valence-corrected chi connectivity index (χ1v) is 9.01. The quantitative estimate of drug-likeness (QED) is 0.908. The molecule has 0 spiro atoms. The lowest BCUT2D eigenvalue weighted by molar-refractivity contribution is -0.0487. The summed E-state index contributed by atoms with van der Waals surface area (Å²) in [6.45, 7) is 6.95. The van der Waals surface area contributed by atoms with Crippen LogP contribution in [0.4, 0.5) is 0 Å². The number of morpholine rings is 1. The minimum absolute atomic E-state index is 0.0516. The summed E-state index contributed by atoms with van der Waals surface area (Å²) in [6, 6.07) is 9.25. The van der Waals surface area contributed by atoms with Crippen LogP contribution >= 0.6 is 11.3 Å². The van der Waals surface area contributed by atoms with E-state index in [1.165, 1.54) is 6.07 Å². The molecule has 0 saturated carbocycles. The third-order valence-electron chi connectivity index (χ3n) is 4.50. The van der Waals surface area contributed by atoms with Crippen molar-refractivity contribution in [3.05, 3.63) is 56.8 Å². The molecule has 2 atom stereocenters. The van der Waals surface area contributed by atoms with Crippen LogP contribution in [0.15, 0.2) is 30.3 Å². The highest BCUT2D eigenvalue weighted by Crippen LogP contribution is 2.30. The molecule has 1 aromatic carbocycles. The summed E-state index contributed by atoms with van der Waals surface area (Å²) in [5.41, 5.74) is 3.40. The Bertz CT molecular complexity index is 814. The minimum Gasteiger partial charge on any atom is -0.477 e. The van der Waals surface area contributed by atoms with Gasteiger partial charge in [-0.15, -0.1) is 11.3 Å². The molecular weight excluding hydrogens is 338 g/mol. The molecule has 3 rings (SSSR count). The van der Waals surface area contributed by atoms with Crippen molar-refractivity contribution >= 4 is 23.2 Å². The van der Waals surface area contributed by atoms with Crippen LogP contribution in [0.25, 0.3) is 0 Å². The molecule has 0 bridgehead atoms. The predicted octanol–water partition coefficient (Wildman–Crippen LogP) is 3.67. The van der Waals surface area contributed by atoms with Crippen molar-refractivity contribution in [1.29, 1.82) is 0 Å². The van der Waals surface area contributed by atoms with Crippen LogP contribution < -0.4 is 0 Å². The molecule has 1 aliphatic rings. The zero-order valence-corrected chi connectivity index (χ0v) is 15.3. The van der Waals surface area contributed by atoms with Crippen molar-refractivity contribution < 1.29 is 19.4 Å². The Kier molecular flexibility index (Phi) is 4.92. The number of carbonyl (C=O) groups is 2. The van der Waals surface area contributed by atoms with E-state index in [-0.39, 0.29) is 22.9 Å². The molecular formula is C19H21NO4S. The second-order valence-electron chi connectivity index (χ2n) is 6.46. The van der Waals surface area contributed by atoms with Gasteiger partial charge in [-0.05, 0) is 44.0 Å². The fourth-order valence-electron chi connectivity index (χ4n) is 3.04. The van der Waals surface area contributed by atoms with Crippen molar-refractivity contribution in [2.75, 3.05) is 13.2 Å². The molecule has 1 amide bonds. The molecule has 25 heavy (non-hydrogen) atoms. The van der Waals surface area contributed by atoms with Gasteiger partial charge >= 0.3 is 5.97 Å². The zero-order valence-electron chi connectivity index (χ0n) is 14.5. The van der Waals surface area contributed by atoms with Crippen LogP contribution in [-0.2, 0) is 4.74 Å². The van der Waals surface area contributed by atoms with E-state index in [2.05, 4.69) is 18.2 Å². The third kappa shape index (κ3) is 3.60. The van der Waals surface area contributed by atoms with Gasteiger partial charge in [0.2, 0.25) is 0 Å². The summed E-state index contributed by atoms with van der Waals surface area (Å²) in [6.07, 6.45) is -0.168. The molecule has 1 aliphatic heterocycles. The number of hydrogen-bond acceptors (Lipinski definition) is 4. The lowest BCUT2D eigenvalue weighted by Crippen LogP contribution is -2.48. The Hall–Kier alpha value is -2.18. The second-order valence-corrected chi connectivity index (χ2v) is 7.54. The smallest absolute Gasteiger partial charge is 0.345 e. The Morgan fingerprint density at radius 3 is 2.60 bits per heavy atom. The number of carbonyl (C=O) groups excluding carboxylic acids is 1. The van der Waals surface area contributed by atoms with E-state index in [9.17, 15) is 9.59 Å². The highest BCUT2D eigenvalue weighted by Gasteiger charge is 2.32. The highest BCUT2D eigenvalue weighted by molar-refractivity contribution is 7.15. The predicted molar refractivity (Wildman–Crippen MR) is 96.4 cm³/mol. The Morgan fingerprint density at radius 2 is 1.92 bits per heavy atom. The maximum Gasteiger partial charge on any atom is 0.345 e. The Labute approximate surface area is 150 Å². The third-order valence-corrected chi connectivity index (χ3v) is 5.56. The van der Waals surface area contributed by atoms with Crippen molar-refractivity contribution in [2.24, 2.45) is 0 Å². The lowest BCUT2D eigenvalue weighted by Gasteiger charge is -2.38. The first-order valence-electron chi connectivity index (χ1n) is 8.19. The maximum absolute atomic E-state index is 12.9. The molecule has 2 heterocycles. The summed E-state index contributed by atoms with van der Waals surface area (Å²) in [4.78, 5) is 26.3. The number of hydrogen-bond donors (Lipinski definition) is 1. The number of thiophene rings is 1. The van der Waals surface area contributed by atoms with Crippen LogP contribution in [0.2, 0.25) is 0 Å². The van der Waals surface area contributed by atoms with Gasteiger partial charge in [0, 0.05) is 0 Å².